The molecule has 0 spiro atoms. The number of rotatable bonds is 3. The number of Topliss-reactive ketones (excluding diaryl/α,β-unsaturated/α-hetero) is 1. The third-order valence-electron chi connectivity index (χ3n) is 2.41. The van der Waals surface area contributed by atoms with E-state index < -0.39 is 0 Å². The van der Waals surface area contributed by atoms with Crippen molar-refractivity contribution in [2.75, 3.05) is 0 Å². The van der Waals surface area contributed by atoms with Gasteiger partial charge in [0.15, 0.2) is 5.78 Å². The van der Waals surface area contributed by atoms with Gasteiger partial charge in [-0.05, 0) is 24.6 Å². The van der Waals surface area contributed by atoms with Gasteiger partial charge in [-0.2, -0.15) is 0 Å². The summed E-state index contributed by atoms with van der Waals surface area (Å²) in [5.41, 5.74) is 1.63. The van der Waals surface area contributed by atoms with Gasteiger partial charge in [-0.25, -0.2) is 9.37 Å². The molecule has 0 unspecified atom stereocenters. The molecule has 1 aromatic carbocycles. The molecule has 0 radical (unpaired) electrons. The van der Waals surface area contributed by atoms with Crippen LogP contribution in [0.5, 0.6) is 0 Å². The molecule has 0 fully saturated rings. The minimum atomic E-state index is -0.248. The first-order valence-corrected chi connectivity index (χ1v) is 6.09. The Morgan fingerprint density at radius 3 is 2.82 bits per heavy atom. The molecular weight excluding hydrogens is 237 g/mol. The lowest BCUT2D eigenvalue weighted by Crippen LogP contribution is -1.89. The second-order valence-corrected chi connectivity index (χ2v) is 4.97. The van der Waals surface area contributed by atoms with Gasteiger partial charge < -0.3 is 0 Å². The molecular formula is C13H12FNOS. The zero-order valence-electron chi connectivity index (χ0n) is 9.66. The Morgan fingerprint density at radius 1 is 1.47 bits per heavy atom. The maximum Gasteiger partial charge on any atom is 0.171 e. The van der Waals surface area contributed by atoms with E-state index in [0.29, 0.717) is 11.3 Å². The van der Waals surface area contributed by atoms with Gasteiger partial charge in [-0.1, -0.05) is 12.1 Å². The number of benzene rings is 1. The fourth-order valence-corrected chi connectivity index (χ4v) is 2.67. The predicted molar refractivity (Wildman–Crippen MR) is 66.1 cm³/mol. The molecule has 2 nitrogen and oxygen atoms in total. The summed E-state index contributed by atoms with van der Waals surface area (Å²) in [6.07, 6.45) is 0.566. The van der Waals surface area contributed by atoms with Crippen LogP contribution in [-0.2, 0) is 6.42 Å². The van der Waals surface area contributed by atoms with Crippen LogP contribution in [0.1, 0.15) is 32.9 Å². The molecule has 2 aromatic rings. The number of aromatic nitrogens is 1. The Labute approximate surface area is 103 Å². The Morgan fingerprint density at radius 2 is 2.24 bits per heavy atom. The summed E-state index contributed by atoms with van der Waals surface area (Å²) in [5.74, 6) is -0.215. The predicted octanol–water partition coefficient (Wildman–Crippen LogP) is 3.38. The van der Waals surface area contributed by atoms with E-state index in [1.807, 2.05) is 13.0 Å². The molecule has 4 heteroatoms. The lowest BCUT2D eigenvalue weighted by atomic mass is 10.1. The number of aryl methyl sites for hydroxylation is 1. The highest BCUT2D eigenvalue weighted by Crippen LogP contribution is 2.21. The summed E-state index contributed by atoms with van der Waals surface area (Å²) in [4.78, 5) is 16.3. The van der Waals surface area contributed by atoms with Gasteiger partial charge in [0.2, 0.25) is 0 Å². The molecule has 0 bridgehead atoms. The van der Waals surface area contributed by atoms with Gasteiger partial charge in [0.25, 0.3) is 0 Å². The largest absolute Gasteiger partial charge is 0.294 e. The van der Waals surface area contributed by atoms with Crippen molar-refractivity contribution in [2.45, 2.75) is 20.3 Å². The number of carbonyl (C=O) groups is 1. The quantitative estimate of drug-likeness (QED) is 0.780. The summed E-state index contributed by atoms with van der Waals surface area (Å²) in [7, 11) is 0. The molecule has 0 atom stereocenters. The molecule has 88 valence electrons. The van der Waals surface area contributed by atoms with E-state index in [4.69, 9.17) is 0 Å². The van der Waals surface area contributed by atoms with Crippen LogP contribution in [0.3, 0.4) is 0 Å². The molecule has 1 heterocycles. The van der Waals surface area contributed by atoms with E-state index in [1.165, 1.54) is 30.4 Å². The first-order chi connectivity index (χ1) is 8.06. The average molecular weight is 249 g/mol. The van der Waals surface area contributed by atoms with Crippen molar-refractivity contribution in [1.82, 2.24) is 4.98 Å². The van der Waals surface area contributed by atoms with Gasteiger partial charge in [-0.15, -0.1) is 11.3 Å². The van der Waals surface area contributed by atoms with Crippen LogP contribution < -0.4 is 0 Å². The first kappa shape index (κ1) is 11.9. The molecule has 0 aliphatic rings. The van der Waals surface area contributed by atoms with Crippen LogP contribution in [0.25, 0.3) is 0 Å². The van der Waals surface area contributed by atoms with Crippen molar-refractivity contribution in [1.29, 1.82) is 0 Å². The third kappa shape index (κ3) is 2.77. The highest BCUT2D eigenvalue weighted by molar-refractivity contribution is 7.13. The summed E-state index contributed by atoms with van der Waals surface area (Å²) in [6.45, 7) is 3.36. The van der Waals surface area contributed by atoms with Crippen LogP contribution in [-0.4, -0.2) is 10.8 Å². The zero-order valence-corrected chi connectivity index (χ0v) is 10.5. The molecule has 0 amide bonds. The van der Waals surface area contributed by atoms with E-state index in [9.17, 15) is 9.18 Å². The number of nitrogens with zero attached hydrogens (tertiary/aromatic N) is 1. The summed E-state index contributed by atoms with van der Waals surface area (Å²) in [6, 6.07) is 6.44. The Hall–Kier alpha value is -1.55. The van der Waals surface area contributed by atoms with Gasteiger partial charge in [0.1, 0.15) is 5.82 Å². The van der Waals surface area contributed by atoms with E-state index in [2.05, 4.69) is 4.98 Å². The van der Waals surface area contributed by atoms with E-state index >= 15 is 0 Å². The zero-order chi connectivity index (χ0) is 12.4. The molecule has 0 N–H and O–H groups in total. The maximum absolute atomic E-state index is 13.0. The van der Waals surface area contributed by atoms with Crippen molar-refractivity contribution < 1.29 is 9.18 Å². The van der Waals surface area contributed by atoms with Crippen LogP contribution in [0, 0.1) is 12.7 Å². The average Bonchev–Trinajstić information content (AvgIpc) is 2.59. The number of ketones is 1. The minimum Gasteiger partial charge on any atom is -0.294 e. The number of hydrogen-bond acceptors (Lipinski definition) is 3. The van der Waals surface area contributed by atoms with Gasteiger partial charge in [0, 0.05) is 13.3 Å². The van der Waals surface area contributed by atoms with Gasteiger partial charge in [0.05, 0.1) is 15.6 Å². The Balaban J connectivity index is 2.25. The van der Waals surface area contributed by atoms with Crippen molar-refractivity contribution in [3.05, 3.63) is 51.2 Å². The van der Waals surface area contributed by atoms with Crippen molar-refractivity contribution in [2.24, 2.45) is 0 Å². The third-order valence-corrected chi connectivity index (χ3v) is 3.66. The topological polar surface area (TPSA) is 30.0 Å². The Bertz CT molecular complexity index is 562. The normalized spacial score (nSPS) is 10.5. The highest BCUT2D eigenvalue weighted by Gasteiger charge is 2.11. The maximum atomic E-state index is 13.0. The van der Waals surface area contributed by atoms with Crippen molar-refractivity contribution in [3.63, 3.8) is 0 Å². The molecule has 2 rings (SSSR count). The Kier molecular flexibility index (Phi) is 3.33. The number of halogens is 1. The second-order valence-electron chi connectivity index (χ2n) is 3.89. The summed E-state index contributed by atoms with van der Waals surface area (Å²) < 4.78 is 13.0. The fraction of sp³-hybridized carbons (Fsp3) is 0.231. The molecule has 0 aliphatic heterocycles. The molecule has 0 aliphatic carbocycles. The standard InChI is InChI=1S/C13H12FNOS/c1-8-13(9(2)16)17-12(15-8)7-10-4-3-5-11(14)6-10/h3-6H,7H2,1-2H3. The van der Waals surface area contributed by atoms with Crippen molar-refractivity contribution in [3.8, 4) is 0 Å². The fourth-order valence-electron chi connectivity index (χ4n) is 1.68. The van der Waals surface area contributed by atoms with Gasteiger partial charge in [-0.3, -0.25) is 4.79 Å². The molecule has 17 heavy (non-hydrogen) atoms. The monoisotopic (exact) mass is 249 g/mol. The number of hydrogen-bond donors (Lipinski definition) is 0. The van der Waals surface area contributed by atoms with Crippen LogP contribution in [0.4, 0.5) is 4.39 Å². The highest BCUT2D eigenvalue weighted by atomic mass is 32.1. The van der Waals surface area contributed by atoms with E-state index in [1.54, 1.807) is 6.07 Å². The lowest BCUT2D eigenvalue weighted by molar-refractivity contribution is 0.102. The van der Waals surface area contributed by atoms with E-state index in [-0.39, 0.29) is 11.6 Å². The lowest BCUT2D eigenvalue weighted by Gasteiger charge is -1.97. The number of thiazole rings is 1. The van der Waals surface area contributed by atoms with Crippen LogP contribution >= 0.6 is 11.3 Å². The molecule has 0 saturated carbocycles. The number of carbonyl (C=O) groups excluding carboxylic acids is 1. The minimum absolute atomic E-state index is 0.0329. The molecule has 0 saturated heterocycles. The van der Waals surface area contributed by atoms with Crippen LogP contribution in [0.2, 0.25) is 0 Å². The summed E-state index contributed by atoms with van der Waals surface area (Å²) in [5, 5.41) is 0.846. The van der Waals surface area contributed by atoms with Crippen molar-refractivity contribution >= 4 is 17.1 Å². The smallest absolute Gasteiger partial charge is 0.171 e. The second kappa shape index (κ2) is 4.75. The van der Waals surface area contributed by atoms with E-state index in [0.717, 1.165) is 16.3 Å². The molecule has 1 aromatic heterocycles. The SMILES string of the molecule is CC(=O)c1sc(Cc2cccc(F)c2)nc1C. The summed E-state index contributed by atoms with van der Waals surface area (Å²) >= 11 is 1.39. The first-order valence-electron chi connectivity index (χ1n) is 5.28. The van der Waals surface area contributed by atoms with Gasteiger partial charge >= 0.3 is 0 Å². The van der Waals surface area contributed by atoms with Crippen LogP contribution in [0.15, 0.2) is 24.3 Å².